The zero-order chi connectivity index (χ0) is 63.0. The number of phosphoric ester groups is 1. The topological polar surface area (TPSA) is 134 Å². The van der Waals surface area contributed by atoms with E-state index in [4.69, 9.17) is 24.3 Å². The minimum Gasteiger partial charge on any atom is -0.462 e. The first kappa shape index (κ1) is 85.5. The second-order valence-electron chi connectivity index (χ2n) is 26.6. The highest BCUT2D eigenvalue weighted by Crippen LogP contribution is 2.43. The Morgan fingerprint density at radius 1 is 0.345 bits per heavy atom. The number of esters is 2. The third-order valence-corrected chi connectivity index (χ3v) is 18.8. The van der Waals surface area contributed by atoms with Gasteiger partial charge in [-0.25, -0.2) is 4.57 Å². The van der Waals surface area contributed by atoms with Gasteiger partial charge in [0, 0.05) is 19.4 Å². The van der Waals surface area contributed by atoms with Crippen LogP contribution in [0.15, 0.2) is 24.3 Å². The third kappa shape index (κ3) is 73.4. The smallest absolute Gasteiger partial charge is 0.462 e. The summed E-state index contributed by atoms with van der Waals surface area (Å²) < 4.78 is 33.2. The molecule has 0 rings (SSSR count). The van der Waals surface area contributed by atoms with Gasteiger partial charge in [-0.1, -0.05) is 391 Å². The van der Waals surface area contributed by atoms with Crippen LogP contribution in [0, 0.1) is 0 Å². The molecule has 9 nitrogen and oxygen atoms in total. The molecular weight excluding hydrogens is 1100 g/mol. The van der Waals surface area contributed by atoms with Crippen molar-refractivity contribution >= 4 is 19.8 Å². The van der Waals surface area contributed by atoms with E-state index in [9.17, 15) is 19.0 Å². The first-order valence-electron chi connectivity index (χ1n) is 38.8. The summed E-state index contributed by atoms with van der Waals surface area (Å²) in [5.74, 6) is -0.798. The van der Waals surface area contributed by atoms with Crippen LogP contribution in [0.1, 0.15) is 425 Å². The van der Waals surface area contributed by atoms with Gasteiger partial charge in [-0.15, -0.1) is 0 Å². The quantitative estimate of drug-likeness (QED) is 0.0264. The van der Waals surface area contributed by atoms with Gasteiger partial charge in [-0.2, -0.15) is 0 Å². The van der Waals surface area contributed by atoms with Gasteiger partial charge in [0.1, 0.15) is 6.61 Å². The highest BCUT2D eigenvalue weighted by atomic mass is 31.2. The molecule has 0 saturated carbocycles. The minimum absolute atomic E-state index is 0.0578. The lowest BCUT2D eigenvalue weighted by Crippen LogP contribution is -2.29. The van der Waals surface area contributed by atoms with Gasteiger partial charge in [0.15, 0.2) is 6.10 Å². The summed E-state index contributed by atoms with van der Waals surface area (Å²) in [7, 11) is -4.39. The number of hydrogen-bond acceptors (Lipinski definition) is 8. The summed E-state index contributed by atoms with van der Waals surface area (Å²) in [6.45, 7) is 3.83. The molecule has 10 heteroatoms. The average molecular weight is 1250 g/mol. The highest BCUT2D eigenvalue weighted by Gasteiger charge is 2.26. The molecule has 0 aromatic heterocycles. The van der Waals surface area contributed by atoms with Crippen LogP contribution < -0.4 is 5.73 Å². The first-order valence-corrected chi connectivity index (χ1v) is 40.3. The maximum atomic E-state index is 12.8. The van der Waals surface area contributed by atoms with Crippen LogP contribution in [0.4, 0.5) is 0 Å². The molecule has 0 aliphatic heterocycles. The van der Waals surface area contributed by atoms with Gasteiger partial charge in [0.25, 0.3) is 0 Å². The monoisotopic (exact) mass is 1250 g/mol. The molecule has 0 saturated heterocycles. The van der Waals surface area contributed by atoms with E-state index in [1.165, 1.54) is 353 Å². The first-order chi connectivity index (χ1) is 42.8. The van der Waals surface area contributed by atoms with Crippen molar-refractivity contribution in [2.24, 2.45) is 5.73 Å². The summed E-state index contributed by atoms with van der Waals surface area (Å²) in [4.78, 5) is 35.4. The summed E-state index contributed by atoms with van der Waals surface area (Å²) in [5.41, 5.74) is 5.41. The largest absolute Gasteiger partial charge is 0.472 e. The number of rotatable bonds is 75. The van der Waals surface area contributed by atoms with E-state index >= 15 is 0 Å². The Balaban J connectivity index is 3.72. The Morgan fingerprint density at radius 2 is 0.598 bits per heavy atom. The summed E-state index contributed by atoms with van der Waals surface area (Å²) in [6, 6.07) is 0. The van der Waals surface area contributed by atoms with Gasteiger partial charge in [0.05, 0.1) is 13.2 Å². The fraction of sp³-hybridized carbons (Fsp3) is 0.922. The predicted molar refractivity (Wildman–Crippen MR) is 377 cm³/mol. The van der Waals surface area contributed by atoms with Crippen molar-refractivity contribution in [3.8, 4) is 0 Å². The van der Waals surface area contributed by atoms with Crippen LogP contribution in [0.5, 0.6) is 0 Å². The van der Waals surface area contributed by atoms with Crippen molar-refractivity contribution in [2.45, 2.75) is 431 Å². The zero-order valence-electron chi connectivity index (χ0n) is 58.3. The van der Waals surface area contributed by atoms with E-state index in [2.05, 4.69) is 38.2 Å². The maximum absolute atomic E-state index is 12.8. The fourth-order valence-corrected chi connectivity index (χ4v) is 12.9. The van der Waals surface area contributed by atoms with Gasteiger partial charge in [0.2, 0.25) is 0 Å². The number of unbranched alkanes of at least 4 members (excludes halogenated alkanes) is 58. The Morgan fingerprint density at radius 3 is 0.874 bits per heavy atom. The van der Waals surface area contributed by atoms with Crippen LogP contribution in [0.3, 0.4) is 0 Å². The van der Waals surface area contributed by atoms with Crippen molar-refractivity contribution in [1.29, 1.82) is 0 Å². The Labute approximate surface area is 542 Å². The van der Waals surface area contributed by atoms with Crippen molar-refractivity contribution < 1.29 is 37.6 Å². The molecule has 0 amide bonds. The van der Waals surface area contributed by atoms with Crippen molar-refractivity contribution in [3.05, 3.63) is 24.3 Å². The molecule has 0 heterocycles. The average Bonchev–Trinajstić information content (AvgIpc) is 3.65. The van der Waals surface area contributed by atoms with Crippen LogP contribution in [-0.4, -0.2) is 49.3 Å². The molecule has 0 fully saturated rings. The number of carbonyl (C=O) groups excluding carboxylic acids is 2. The Kier molecular flexibility index (Phi) is 72.3. The number of allylic oxidation sites excluding steroid dienone is 4. The van der Waals surface area contributed by atoms with Gasteiger partial charge >= 0.3 is 19.8 Å². The van der Waals surface area contributed by atoms with E-state index in [-0.39, 0.29) is 38.6 Å². The lowest BCUT2D eigenvalue weighted by Gasteiger charge is -2.19. The van der Waals surface area contributed by atoms with Crippen molar-refractivity contribution in [3.63, 3.8) is 0 Å². The standard InChI is InChI=1S/C77H150NO8P/c1-3-5-7-9-11-13-15-17-19-21-23-25-27-29-30-31-32-33-34-35-36-37-38-39-40-41-42-43-44-46-48-50-52-54-56-58-60-62-64-66-68-70-77(80)86-75(74-85-87(81,82)84-72-71-78)73-83-76(79)69-67-65-63-61-59-57-55-53-51-49-47-45-28-26-24-22-20-18-16-14-12-10-8-6-4-2/h15,17,21,23,75H,3-14,16,18-20,22,24-74,78H2,1-2H3,(H,81,82)/b17-15-,23-21-. The van der Waals surface area contributed by atoms with E-state index in [0.29, 0.717) is 6.42 Å². The maximum Gasteiger partial charge on any atom is 0.472 e. The number of nitrogens with two attached hydrogens (primary N) is 1. The van der Waals surface area contributed by atoms with Gasteiger partial charge in [-0.3, -0.25) is 18.6 Å². The lowest BCUT2D eigenvalue weighted by molar-refractivity contribution is -0.161. The Hall–Kier alpha value is -1.51. The predicted octanol–water partition coefficient (Wildman–Crippen LogP) is 25.7. The van der Waals surface area contributed by atoms with Gasteiger partial charge < -0.3 is 20.1 Å². The minimum atomic E-state index is -4.39. The van der Waals surface area contributed by atoms with E-state index in [1.807, 2.05) is 0 Å². The molecule has 3 N–H and O–H groups in total. The summed E-state index contributed by atoms with van der Waals surface area (Å²) in [6.07, 6.45) is 91.8. The normalized spacial score (nSPS) is 12.9. The van der Waals surface area contributed by atoms with Crippen molar-refractivity contribution in [1.82, 2.24) is 0 Å². The number of hydrogen-bond donors (Lipinski definition) is 2. The summed E-state index contributed by atoms with van der Waals surface area (Å²) in [5, 5.41) is 0. The molecule has 2 atom stereocenters. The summed E-state index contributed by atoms with van der Waals surface area (Å²) >= 11 is 0. The van der Waals surface area contributed by atoms with Crippen molar-refractivity contribution in [2.75, 3.05) is 26.4 Å². The molecule has 0 aromatic rings. The second kappa shape index (κ2) is 73.5. The molecule has 0 spiro atoms. The molecule has 0 radical (unpaired) electrons. The molecular formula is C77H150NO8P. The molecule has 0 bridgehead atoms. The van der Waals surface area contributed by atoms with Crippen LogP contribution in [-0.2, 0) is 32.7 Å². The van der Waals surface area contributed by atoms with Crippen LogP contribution in [0.2, 0.25) is 0 Å². The molecule has 0 aromatic carbocycles. The molecule has 2 unspecified atom stereocenters. The van der Waals surface area contributed by atoms with E-state index < -0.39 is 26.5 Å². The second-order valence-corrected chi connectivity index (χ2v) is 28.0. The zero-order valence-corrected chi connectivity index (χ0v) is 59.2. The van der Waals surface area contributed by atoms with Crippen LogP contribution in [0.25, 0.3) is 0 Å². The molecule has 516 valence electrons. The van der Waals surface area contributed by atoms with E-state index in [0.717, 1.165) is 38.5 Å². The fourth-order valence-electron chi connectivity index (χ4n) is 12.1. The number of phosphoric acid groups is 1. The third-order valence-electron chi connectivity index (χ3n) is 17.8. The molecule has 0 aliphatic rings. The number of ether oxygens (including phenoxy) is 2. The van der Waals surface area contributed by atoms with Crippen LogP contribution >= 0.6 is 7.82 Å². The Bertz CT molecular complexity index is 1470. The van der Waals surface area contributed by atoms with E-state index in [1.54, 1.807) is 0 Å². The molecule has 87 heavy (non-hydrogen) atoms. The van der Waals surface area contributed by atoms with Gasteiger partial charge in [-0.05, 0) is 44.9 Å². The number of carbonyl (C=O) groups is 2. The SMILES string of the molecule is CCCCCCC/C=C\C/C=C\CCCCCCCCCCCCCCCCCCCCCCCCCCCCCCCC(=O)OC(COC(=O)CCCCCCCCCCCCCCCCCCCCCCCCCCC)COP(=O)(O)OCCN. The molecule has 0 aliphatic carbocycles. The highest BCUT2D eigenvalue weighted by molar-refractivity contribution is 7.47. The lowest BCUT2D eigenvalue weighted by atomic mass is 10.0.